The van der Waals surface area contributed by atoms with E-state index in [-0.39, 0.29) is 17.5 Å². The molecule has 1 heterocycles. The number of hydrogen-bond donors (Lipinski definition) is 3. The van der Waals surface area contributed by atoms with E-state index in [0.29, 0.717) is 6.61 Å². The van der Waals surface area contributed by atoms with Crippen LogP contribution in [0.1, 0.15) is 44.4 Å². The van der Waals surface area contributed by atoms with Crippen molar-refractivity contribution in [1.29, 1.82) is 0 Å². The summed E-state index contributed by atoms with van der Waals surface area (Å²) in [6, 6.07) is 16.9. The maximum absolute atomic E-state index is 6.13. The highest BCUT2D eigenvalue weighted by Crippen LogP contribution is 2.31. The van der Waals surface area contributed by atoms with Gasteiger partial charge in [-0.3, -0.25) is 5.43 Å². The third-order valence-corrected chi connectivity index (χ3v) is 4.46. The molecule has 2 atom stereocenters. The van der Waals surface area contributed by atoms with Gasteiger partial charge in [0.25, 0.3) is 0 Å². The minimum atomic E-state index is 0.0739. The second-order valence-corrected chi connectivity index (χ2v) is 7.50. The van der Waals surface area contributed by atoms with E-state index in [2.05, 4.69) is 62.0 Å². The number of benzene rings is 2. The zero-order chi connectivity index (χ0) is 17.2. The molecule has 1 saturated heterocycles. The molecular formula is C20H27N3O. The molecule has 24 heavy (non-hydrogen) atoms. The molecule has 2 unspecified atom stereocenters. The first-order valence-electron chi connectivity index (χ1n) is 8.52. The number of nitrogen functional groups attached to an aromatic ring is 1. The SMILES string of the molecule is CC(C)(C)c1ccccc1OCC1CC(c2ccc(N)cc2)NN1. The number of rotatable bonds is 4. The van der Waals surface area contributed by atoms with Crippen molar-refractivity contribution in [2.75, 3.05) is 12.3 Å². The van der Waals surface area contributed by atoms with Gasteiger partial charge >= 0.3 is 0 Å². The van der Waals surface area contributed by atoms with Crippen LogP contribution in [-0.4, -0.2) is 12.6 Å². The Morgan fingerprint density at radius 2 is 1.75 bits per heavy atom. The van der Waals surface area contributed by atoms with Gasteiger partial charge in [-0.1, -0.05) is 51.1 Å². The van der Waals surface area contributed by atoms with Crippen LogP contribution < -0.4 is 21.3 Å². The molecule has 2 aromatic carbocycles. The Balaban J connectivity index is 1.60. The molecule has 1 fully saturated rings. The molecule has 128 valence electrons. The molecule has 1 aliphatic rings. The predicted octanol–water partition coefficient (Wildman–Crippen LogP) is 3.55. The van der Waals surface area contributed by atoms with Gasteiger partial charge in [0.15, 0.2) is 0 Å². The number of nitrogens with one attached hydrogen (secondary N) is 2. The summed E-state index contributed by atoms with van der Waals surface area (Å²) in [7, 11) is 0. The van der Waals surface area contributed by atoms with Crippen molar-refractivity contribution in [2.45, 2.75) is 44.7 Å². The fraction of sp³-hybridized carbons (Fsp3) is 0.400. The van der Waals surface area contributed by atoms with Crippen molar-refractivity contribution in [2.24, 2.45) is 0 Å². The van der Waals surface area contributed by atoms with E-state index >= 15 is 0 Å². The fourth-order valence-corrected chi connectivity index (χ4v) is 3.08. The van der Waals surface area contributed by atoms with E-state index in [0.717, 1.165) is 17.9 Å². The molecule has 0 aromatic heterocycles. The van der Waals surface area contributed by atoms with Crippen molar-refractivity contribution in [3.05, 3.63) is 59.7 Å². The van der Waals surface area contributed by atoms with Crippen molar-refractivity contribution in [1.82, 2.24) is 10.9 Å². The van der Waals surface area contributed by atoms with Gasteiger partial charge in [0, 0.05) is 11.7 Å². The molecule has 0 saturated carbocycles. The summed E-state index contributed by atoms with van der Waals surface area (Å²) in [5, 5.41) is 0. The number of para-hydroxylation sites is 1. The summed E-state index contributed by atoms with van der Waals surface area (Å²) >= 11 is 0. The zero-order valence-electron chi connectivity index (χ0n) is 14.7. The number of hydrazine groups is 1. The lowest BCUT2D eigenvalue weighted by atomic mass is 9.86. The van der Waals surface area contributed by atoms with Crippen LogP contribution in [0.4, 0.5) is 5.69 Å². The Hall–Kier alpha value is -2.04. The molecule has 4 nitrogen and oxygen atoms in total. The zero-order valence-corrected chi connectivity index (χ0v) is 14.7. The lowest BCUT2D eigenvalue weighted by Crippen LogP contribution is -2.34. The number of ether oxygens (including phenoxy) is 1. The van der Waals surface area contributed by atoms with Gasteiger partial charge in [0.1, 0.15) is 12.4 Å². The summed E-state index contributed by atoms with van der Waals surface area (Å²) in [6.45, 7) is 7.27. The monoisotopic (exact) mass is 325 g/mol. The first-order valence-corrected chi connectivity index (χ1v) is 8.52. The summed E-state index contributed by atoms with van der Waals surface area (Å²) < 4.78 is 6.13. The van der Waals surface area contributed by atoms with Crippen molar-refractivity contribution in [3.8, 4) is 5.75 Å². The van der Waals surface area contributed by atoms with Crippen LogP contribution in [0.2, 0.25) is 0 Å². The smallest absolute Gasteiger partial charge is 0.123 e. The lowest BCUT2D eigenvalue weighted by Gasteiger charge is -2.23. The van der Waals surface area contributed by atoms with Gasteiger partial charge < -0.3 is 10.5 Å². The molecule has 3 rings (SSSR count). The Labute approximate surface area is 144 Å². The average Bonchev–Trinajstić information content (AvgIpc) is 3.02. The predicted molar refractivity (Wildman–Crippen MR) is 98.9 cm³/mol. The largest absolute Gasteiger partial charge is 0.492 e. The molecule has 2 aromatic rings. The van der Waals surface area contributed by atoms with Gasteiger partial charge in [-0.25, -0.2) is 5.43 Å². The van der Waals surface area contributed by atoms with Gasteiger partial charge in [0.05, 0.1) is 6.04 Å². The van der Waals surface area contributed by atoms with E-state index in [9.17, 15) is 0 Å². The van der Waals surface area contributed by atoms with Gasteiger partial charge in [-0.2, -0.15) is 0 Å². The van der Waals surface area contributed by atoms with Crippen LogP contribution in [-0.2, 0) is 5.41 Å². The molecule has 0 aliphatic carbocycles. The molecule has 4 heteroatoms. The molecule has 1 aliphatic heterocycles. The van der Waals surface area contributed by atoms with Crippen molar-refractivity contribution >= 4 is 5.69 Å². The van der Waals surface area contributed by atoms with Crippen LogP contribution in [0.5, 0.6) is 5.75 Å². The van der Waals surface area contributed by atoms with Crippen LogP contribution in [0.25, 0.3) is 0 Å². The number of hydrogen-bond acceptors (Lipinski definition) is 4. The topological polar surface area (TPSA) is 59.3 Å². The highest BCUT2D eigenvalue weighted by molar-refractivity contribution is 5.40. The van der Waals surface area contributed by atoms with E-state index in [1.54, 1.807) is 0 Å². The number of anilines is 1. The quantitative estimate of drug-likeness (QED) is 0.752. The third-order valence-electron chi connectivity index (χ3n) is 4.46. The molecule has 0 spiro atoms. The van der Waals surface area contributed by atoms with E-state index < -0.39 is 0 Å². The second kappa shape index (κ2) is 6.83. The lowest BCUT2D eigenvalue weighted by molar-refractivity contribution is 0.267. The molecular weight excluding hydrogens is 298 g/mol. The first-order chi connectivity index (χ1) is 11.4. The van der Waals surface area contributed by atoms with Crippen LogP contribution >= 0.6 is 0 Å². The van der Waals surface area contributed by atoms with Gasteiger partial charge in [-0.05, 0) is 41.2 Å². The molecule has 0 bridgehead atoms. The Morgan fingerprint density at radius 1 is 1.04 bits per heavy atom. The van der Waals surface area contributed by atoms with E-state index in [4.69, 9.17) is 10.5 Å². The maximum atomic E-state index is 6.13. The van der Waals surface area contributed by atoms with Crippen LogP contribution in [0, 0.1) is 0 Å². The highest BCUT2D eigenvalue weighted by Gasteiger charge is 2.26. The Morgan fingerprint density at radius 3 is 2.46 bits per heavy atom. The summed E-state index contributed by atoms with van der Waals surface area (Å²) in [5.74, 6) is 0.975. The average molecular weight is 325 g/mol. The van der Waals surface area contributed by atoms with Gasteiger partial charge in [-0.15, -0.1) is 0 Å². The van der Waals surface area contributed by atoms with Crippen LogP contribution in [0.3, 0.4) is 0 Å². The normalized spacial score (nSPS) is 21.0. The minimum Gasteiger partial charge on any atom is -0.492 e. The Bertz CT molecular complexity index is 676. The van der Waals surface area contributed by atoms with E-state index in [1.807, 2.05) is 18.2 Å². The number of nitrogens with two attached hydrogens (primary N) is 1. The molecule has 0 amide bonds. The summed E-state index contributed by atoms with van der Waals surface area (Å²) in [5.41, 5.74) is 15.8. The van der Waals surface area contributed by atoms with Crippen molar-refractivity contribution < 1.29 is 4.74 Å². The highest BCUT2D eigenvalue weighted by atomic mass is 16.5. The fourth-order valence-electron chi connectivity index (χ4n) is 3.08. The summed E-state index contributed by atoms with van der Waals surface area (Å²) in [6.07, 6.45) is 0.988. The standard InChI is InChI=1S/C20H27N3O/c1-20(2,3)17-6-4-5-7-19(17)24-13-16-12-18(23-22-16)14-8-10-15(21)11-9-14/h4-11,16,18,22-23H,12-13,21H2,1-3H3. The third kappa shape index (κ3) is 3.89. The summed E-state index contributed by atoms with van der Waals surface area (Å²) in [4.78, 5) is 0. The second-order valence-electron chi connectivity index (χ2n) is 7.50. The maximum Gasteiger partial charge on any atom is 0.123 e. The molecule has 0 radical (unpaired) electrons. The first kappa shape index (κ1) is 16.8. The van der Waals surface area contributed by atoms with E-state index in [1.165, 1.54) is 11.1 Å². The van der Waals surface area contributed by atoms with Crippen molar-refractivity contribution in [3.63, 3.8) is 0 Å². The molecule has 4 N–H and O–H groups in total. The minimum absolute atomic E-state index is 0.0739. The Kier molecular flexibility index (Phi) is 4.78. The van der Waals surface area contributed by atoms with Gasteiger partial charge in [0.2, 0.25) is 0 Å². The van der Waals surface area contributed by atoms with Crippen LogP contribution in [0.15, 0.2) is 48.5 Å².